The minimum atomic E-state index is -0.727. The van der Waals surface area contributed by atoms with Crippen LogP contribution >= 0.6 is 23.5 Å². The lowest BCUT2D eigenvalue weighted by molar-refractivity contribution is -0.140. The fourth-order valence-electron chi connectivity index (χ4n) is 2.01. The summed E-state index contributed by atoms with van der Waals surface area (Å²) < 4.78 is 0. The highest BCUT2D eigenvalue weighted by molar-refractivity contribution is 8.02. The Bertz CT molecular complexity index is 320. The number of carboxylic acids is 2. The molecule has 0 unspecified atom stereocenters. The van der Waals surface area contributed by atoms with Crippen molar-refractivity contribution in [3.05, 3.63) is 0 Å². The van der Waals surface area contributed by atoms with Gasteiger partial charge in [0.1, 0.15) is 0 Å². The molecule has 2 N–H and O–H groups in total. The van der Waals surface area contributed by atoms with E-state index in [0.717, 1.165) is 35.9 Å². The van der Waals surface area contributed by atoms with Gasteiger partial charge in [-0.25, -0.2) is 0 Å². The molecule has 4 nitrogen and oxygen atoms in total. The van der Waals surface area contributed by atoms with Crippen LogP contribution in [0.3, 0.4) is 0 Å². The lowest BCUT2D eigenvalue weighted by Crippen LogP contribution is -2.18. The summed E-state index contributed by atoms with van der Waals surface area (Å²) in [5.74, 6) is 2.65. The summed E-state index contributed by atoms with van der Waals surface area (Å²) in [4.78, 5) is 21.4. The highest BCUT2D eigenvalue weighted by atomic mass is 32.2. The van der Waals surface area contributed by atoms with E-state index in [4.69, 9.17) is 10.2 Å². The molecule has 0 aliphatic carbocycles. The molecule has 6 heteroatoms. The highest BCUT2D eigenvalue weighted by Gasteiger charge is 2.22. The van der Waals surface area contributed by atoms with Gasteiger partial charge in [0.05, 0.1) is 12.8 Å². The van der Waals surface area contributed by atoms with Gasteiger partial charge in [-0.05, 0) is 35.2 Å². The molecule has 0 atom stereocenters. The first-order chi connectivity index (χ1) is 10.0. The van der Waals surface area contributed by atoms with Crippen LogP contribution in [0.1, 0.15) is 53.4 Å². The van der Waals surface area contributed by atoms with Crippen LogP contribution < -0.4 is 0 Å². The van der Waals surface area contributed by atoms with E-state index in [1.807, 2.05) is 51.2 Å². The van der Waals surface area contributed by atoms with Crippen molar-refractivity contribution in [3.63, 3.8) is 0 Å². The Morgan fingerprint density at radius 2 is 1.05 bits per heavy atom. The molecule has 0 aromatic carbocycles. The zero-order valence-corrected chi connectivity index (χ0v) is 15.8. The van der Waals surface area contributed by atoms with Gasteiger partial charge in [0.15, 0.2) is 0 Å². The van der Waals surface area contributed by atoms with Crippen molar-refractivity contribution in [1.29, 1.82) is 0 Å². The van der Waals surface area contributed by atoms with Gasteiger partial charge in [-0.2, -0.15) is 23.5 Å². The maximum atomic E-state index is 10.7. The van der Waals surface area contributed by atoms with E-state index in [1.165, 1.54) is 0 Å². The largest absolute Gasteiger partial charge is 0.481 e. The van der Waals surface area contributed by atoms with Gasteiger partial charge in [-0.3, -0.25) is 9.59 Å². The number of rotatable bonds is 13. The van der Waals surface area contributed by atoms with E-state index in [0.29, 0.717) is 0 Å². The Morgan fingerprint density at radius 3 is 1.32 bits per heavy atom. The van der Waals surface area contributed by atoms with E-state index in [-0.39, 0.29) is 23.7 Å². The van der Waals surface area contributed by atoms with Crippen molar-refractivity contribution < 1.29 is 19.8 Å². The van der Waals surface area contributed by atoms with Crippen molar-refractivity contribution >= 4 is 35.5 Å². The van der Waals surface area contributed by atoms with Crippen molar-refractivity contribution in [2.45, 2.75) is 53.4 Å². The molecule has 0 aromatic rings. The summed E-state index contributed by atoms with van der Waals surface area (Å²) in [6.45, 7) is 8.00. The first kappa shape index (κ1) is 21.6. The van der Waals surface area contributed by atoms with Gasteiger partial charge < -0.3 is 10.2 Å². The smallest absolute Gasteiger partial charge is 0.303 e. The molecule has 0 amide bonds. The highest BCUT2D eigenvalue weighted by Crippen LogP contribution is 2.28. The zero-order valence-electron chi connectivity index (χ0n) is 14.2. The molecule has 0 radical (unpaired) electrons. The fraction of sp³-hybridized carbons (Fsp3) is 0.875. The molecular weight excluding hydrogens is 320 g/mol. The summed E-state index contributed by atoms with van der Waals surface area (Å²) in [6, 6.07) is 0. The summed E-state index contributed by atoms with van der Waals surface area (Å²) in [7, 11) is 0. The van der Waals surface area contributed by atoms with Crippen molar-refractivity contribution in [3.8, 4) is 0 Å². The third-order valence-corrected chi connectivity index (χ3v) is 5.71. The molecule has 0 aliphatic rings. The number of thioether (sulfide) groups is 2. The molecule has 0 aliphatic heterocycles. The molecule has 130 valence electrons. The van der Waals surface area contributed by atoms with Crippen LogP contribution in [-0.4, -0.2) is 45.2 Å². The Balaban J connectivity index is 3.59. The van der Waals surface area contributed by atoms with Gasteiger partial charge >= 0.3 is 11.9 Å². The van der Waals surface area contributed by atoms with E-state index < -0.39 is 11.9 Å². The van der Waals surface area contributed by atoms with Crippen LogP contribution in [0.5, 0.6) is 0 Å². The zero-order chi connectivity index (χ0) is 17.2. The quantitative estimate of drug-likeness (QED) is 0.484. The average Bonchev–Trinajstić information content (AvgIpc) is 2.28. The predicted molar refractivity (Wildman–Crippen MR) is 96.0 cm³/mol. The van der Waals surface area contributed by atoms with Crippen molar-refractivity contribution in [2.75, 3.05) is 23.0 Å². The SMILES string of the molecule is CC(C)(CCSCCSCCC(C)(C)CC(=O)O)CC(=O)O. The second-order valence-corrected chi connectivity index (χ2v) is 9.64. The Labute approximate surface area is 142 Å². The van der Waals surface area contributed by atoms with Crippen molar-refractivity contribution in [2.24, 2.45) is 10.8 Å². The van der Waals surface area contributed by atoms with Crippen LogP contribution in [0.4, 0.5) is 0 Å². The maximum Gasteiger partial charge on any atom is 0.303 e. The number of hydrogen-bond donors (Lipinski definition) is 2. The number of carbonyl (C=O) groups is 2. The lowest BCUT2D eigenvalue weighted by Gasteiger charge is -2.22. The lowest BCUT2D eigenvalue weighted by atomic mass is 9.87. The topological polar surface area (TPSA) is 74.6 Å². The van der Waals surface area contributed by atoms with Gasteiger partial charge in [0, 0.05) is 11.5 Å². The first-order valence-electron chi connectivity index (χ1n) is 7.63. The molecule has 0 rings (SSSR count). The molecular formula is C16H30O4S2. The van der Waals surface area contributed by atoms with Gasteiger partial charge in [0.2, 0.25) is 0 Å². The minimum Gasteiger partial charge on any atom is -0.481 e. The molecule has 0 saturated carbocycles. The second-order valence-electron chi connectivity index (χ2n) is 7.19. The monoisotopic (exact) mass is 350 g/mol. The number of hydrogen-bond acceptors (Lipinski definition) is 4. The minimum absolute atomic E-state index is 0.132. The molecule has 0 saturated heterocycles. The third-order valence-electron chi connectivity index (χ3n) is 3.48. The van der Waals surface area contributed by atoms with Crippen molar-refractivity contribution in [1.82, 2.24) is 0 Å². The molecule has 22 heavy (non-hydrogen) atoms. The molecule has 0 bridgehead atoms. The van der Waals surface area contributed by atoms with E-state index >= 15 is 0 Å². The molecule has 0 aromatic heterocycles. The van der Waals surface area contributed by atoms with Crippen LogP contribution in [0, 0.1) is 10.8 Å². The standard InChI is InChI=1S/C16H30O4S2/c1-15(2,11-13(17)18)5-7-21-9-10-22-8-6-16(3,4)12-14(19)20/h5-12H2,1-4H3,(H,17,18)(H,19,20). The Morgan fingerprint density at radius 1 is 0.727 bits per heavy atom. The van der Waals surface area contributed by atoms with Gasteiger partial charge in [-0.15, -0.1) is 0 Å². The third kappa shape index (κ3) is 13.3. The van der Waals surface area contributed by atoms with E-state index in [1.54, 1.807) is 0 Å². The van der Waals surface area contributed by atoms with Crippen LogP contribution in [0.15, 0.2) is 0 Å². The van der Waals surface area contributed by atoms with E-state index in [9.17, 15) is 9.59 Å². The second kappa shape index (κ2) is 10.4. The summed E-state index contributed by atoms with van der Waals surface area (Å²) in [6.07, 6.45) is 2.28. The van der Waals surface area contributed by atoms with Gasteiger partial charge in [-0.1, -0.05) is 27.7 Å². The molecule has 0 spiro atoms. The predicted octanol–water partition coefficient (Wildman–Crippen LogP) is 4.23. The average molecular weight is 351 g/mol. The van der Waals surface area contributed by atoms with E-state index in [2.05, 4.69) is 0 Å². The fourth-order valence-corrected chi connectivity index (χ4v) is 4.76. The van der Waals surface area contributed by atoms with Gasteiger partial charge in [0.25, 0.3) is 0 Å². The number of aliphatic carboxylic acids is 2. The summed E-state index contributed by atoms with van der Waals surface area (Å²) in [5.41, 5.74) is -0.264. The Kier molecular flexibility index (Phi) is 10.3. The maximum absolute atomic E-state index is 10.7. The van der Waals surface area contributed by atoms with Crippen LogP contribution in [0.2, 0.25) is 0 Å². The first-order valence-corrected chi connectivity index (χ1v) is 9.94. The summed E-state index contributed by atoms with van der Waals surface area (Å²) >= 11 is 3.74. The molecule has 0 fully saturated rings. The Hall–Kier alpha value is -0.360. The van der Waals surface area contributed by atoms with Crippen LogP contribution in [-0.2, 0) is 9.59 Å². The molecule has 0 heterocycles. The normalized spacial score (nSPS) is 12.4. The summed E-state index contributed by atoms with van der Waals surface area (Å²) in [5, 5.41) is 17.6. The number of carboxylic acid groups (broad SMARTS) is 2. The van der Waals surface area contributed by atoms with Crippen LogP contribution in [0.25, 0.3) is 0 Å².